The number of nitrogens with zero attached hydrogens (tertiary/aromatic N) is 1. The van der Waals surface area contributed by atoms with Crippen molar-refractivity contribution in [2.45, 2.75) is 38.1 Å². The SMILES string of the molecule is Cc1ncc(N)cc1C(=O)NC1(CO)CCCC1. The highest BCUT2D eigenvalue weighted by Gasteiger charge is 2.35. The summed E-state index contributed by atoms with van der Waals surface area (Å²) in [7, 11) is 0. The van der Waals surface area contributed by atoms with Crippen molar-refractivity contribution in [2.75, 3.05) is 12.3 Å². The van der Waals surface area contributed by atoms with Crippen LogP contribution in [0, 0.1) is 6.92 Å². The molecule has 0 radical (unpaired) electrons. The molecule has 0 bridgehead atoms. The second-order valence-electron chi connectivity index (χ2n) is 5.00. The molecule has 5 nitrogen and oxygen atoms in total. The van der Waals surface area contributed by atoms with E-state index in [0.29, 0.717) is 16.9 Å². The van der Waals surface area contributed by atoms with Gasteiger partial charge >= 0.3 is 0 Å². The van der Waals surface area contributed by atoms with E-state index in [2.05, 4.69) is 10.3 Å². The second kappa shape index (κ2) is 4.94. The number of aliphatic hydroxyl groups is 1. The summed E-state index contributed by atoms with van der Waals surface area (Å²) in [6.07, 6.45) is 5.25. The smallest absolute Gasteiger partial charge is 0.253 e. The quantitative estimate of drug-likeness (QED) is 0.746. The average Bonchev–Trinajstić information content (AvgIpc) is 2.81. The lowest BCUT2D eigenvalue weighted by atomic mass is 9.98. The van der Waals surface area contributed by atoms with Crippen molar-refractivity contribution in [3.05, 3.63) is 23.5 Å². The number of aryl methyl sites for hydroxylation is 1. The first-order valence-electron chi connectivity index (χ1n) is 6.22. The number of pyridine rings is 1. The lowest BCUT2D eigenvalue weighted by Crippen LogP contribution is -2.49. The third kappa shape index (κ3) is 2.46. The van der Waals surface area contributed by atoms with Crippen LogP contribution in [0.5, 0.6) is 0 Å². The van der Waals surface area contributed by atoms with E-state index in [4.69, 9.17) is 5.73 Å². The summed E-state index contributed by atoms with van der Waals surface area (Å²) in [5.74, 6) is -0.205. The van der Waals surface area contributed by atoms with Crippen LogP contribution in [0.2, 0.25) is 0 Å². The fraction of sp³-hybridized carbons (Fsp3) is 0.538. The molecule has 2 rings (SSSR count). The minimum absolute atomic E-state index is 0.0203. The Bertz CT molecular complexity index is 454. The third-order valence-corrected chi connectivity index (χ3v) is 3.59. The minimum atomic E-state index is -0.464. The molecule has 98 valence electrons. The average molecular weight is 249 g/mol. The van der Waals surface area contributed by atoms with Crippen molar-refractivity contribution < 1.29 is 9.90 Å². The van der Waals surface area contributed by atoms with Gasteiger partial charge in [-0.3, -0.25) is 9.78 Å². The van der Waals surface area contributed by atoms with Crippen molar-refractivity contribution >= 4 is 11.6 Å². The van der Waals surface area contributed by atoms with Crippen LogP contribution < -0.4 is 11.1 Å². The maximum Gasteiger partial charge on any atom is 0.253 e. The molecule has 1 amide bonds. The van der Waals surface area contributed by atoms with Crippen LogP contribution >= 0.6 is 0 Å². The summed E-state index contributed by atoms with van der Waals surface area (Å²) in [5, 5.41) is 12.4. The van der Waals surface area contributed by atoms with Gasteiger partial charge in [-0.2, -0.15) is 0 Å². The number of nitrogens with two attached hydrogens (primary N) is 1. The van der Waals surface area contributed by atoms with Crippen LogP contribution in [0.15, 0.2) is 12.3 Å². The molecule has 1 heterocycles. The van der Waals surface area contributed by atoms with Gasteiger partial charge in [0.1, 0.15) is 0 Å². The van der Waals surface area contributed by atoms with Crippen LogP contribution in [0.3, 0.4) is 0 Å². The second-order valence-corrected chi connectivity index (χ2v) is 5.00. The van der Waals surface area contributed by atoms with Gasteiger partial charge in [0.25, 0.3) is 5.91 Å². The first kappa shape index (κ1) is 12.8. The van der Waals surface area contributed by atoms with Gasteiger partial charge in [-0.05, 0) is 25.8 Å². The molecule has 0 saturated heterocycles. The summed E-state index contributed by atoms with van der Waals surface area (Å²) >= 11 is 0. The summed E-state index contributed by atoms with van der Waals surface area (Å²) < 4.78 is 0. The van der Waals surface area contributed by atoms with E-state index in [1.165, 1.54) is 6.20 Å². The van der Waals surface area contributed by atoms with E-state index in [1.54, 1.807) is 13.0 Å². The minimum Gasteiger partial charge on any atom is -0.397 e. The maximum absolute atomic E-state index is 12.2. The first-order chi connectivity index (χ1) is 8.56. The lowest BCUT2D eigenvalue weighted by Gasteiger charge is -2.28. The number of hydrogen-bond donors (Lipinski definition) is 3. The first-order valence-corrected chi connectivity index (χ1v) is 6.22. The van der Waals surface area contributed by atoms with Crippen LogP contribution in [0.4, 0.5) is 5.69 Å². The molecule has 0 aliphatic heterocycles. The molecule has 1 aliphatic rings. The Hall–Kier alpha value is -1.62. The highest BCUT2D eigenvalue weighted by molar-refractivity contribution is 5.96. The van der Waals surface area contributed by atoms with E-state index in [1.807, 2.05) is 0 Å². The van der Waals surface area contributed by atoms with Crippen molar-refractivity contribution in [2.24, 2.45) is 0 Å². The predicted molar refractivity (Wildman–Crippen MR) is 69.1 cm³/mol. The summed E-state index contributed by atoms with van der Waals surface area (Å²) in [4.78, 5) is 16.3. The standard InChI is InChI=1S/C13H19N3O2/c1-9-11(6-10(14)7-15-9)12(18)16-13(8-17)4-2-3-5-13/h6-7,17H,2-5,8,14H2,1H3,(H,16,18). The lowest BCUT2D eigenvalue weighted by molar-refractivity contribution is 0.0837. The Morgan fingerprint density at radius 1 is 1.56 bits per heavy atom. The van der Waals surface area contributed by atoms with E-state index >= 15 is 0 Å². The molecule has 1 fully saturated rings. The normalized spacial score (nSPS) is 17.7. The van der Waals surface area contributed by atoms with Crippen LogP contribution in [-0.4, -0.2) is 28.1 Å². The molecule has 4 N–H and O–H groups in total. The number of nitrogens with one attached hydrogen (secondary N) is 1. The largest absolute Gasteiger partial charge is 0.397 e. The highest BCUT2D eigenvalue weighted by atomic mass is 16.3. The topological polar surface area (TPSA) is 88.2 Å². The molecule has 5 heteroatoms. The Morgan fingerprint density at radius 3 is 2.83 bits per heavy atom. The molecule has 0 unspecified atom stereocenters. The van der Waals surface area contributed by atoms with Crippen LogP contribution in [-0.2, 0) is 0 Å². The van der Waals surface area contributed by atoms with Crippen LogP contribution in [0.1, 0.15) is 41.7 Å². The van der Waals surface area contributed by atoms with Gasteiger partial charge in [0.15, 0.2) is 0 Å². The molecule has 1 saturated carbocycles. The Balaban J connectivity index is 2.18. The summed E-state index contributed by atoms with van der Waals surface area (Å²) in [6.45, 7) is 1.75. The number of nitrogen functional groups attached to an aromatic ring is 1. The Morgan fingerprint density at radius 2 is 2.22 bits per heavy atom. The number of aliphatic hydroxyl groups excluding tert-OH is 1. The number of carbonyl (C=O) groups is 1. The van der Waals surface area contributed by atoms with Gasteiger partial charge in [0.2, 0.25) is 0 Å². The maximum atomic E-state index is 12.2. The van der Waals surface area contributed by atoms with Gasteiger partial charge in [0, 0.05) is 0 Å². The summed E-state index contributed by atoms with van der Waals surface area (Å²) in [6, 6.07) is 1.62. The van der Waals surface area contributed by atoms with E-state index in [0.717, 1.165) is 25.7 Å². The fourth-order valence-electron chi connectivity index (χ4n) is 2.46. The molecular weight excluding hydrogens is 230 g/mol. The molecule has 0 aromatic carbocycles. The number of carbonyl (C=O) groups excluding carboxylic acids is 1. The fourth-order valence-corrected chi connectivity index (χ4v) is 2.46. The van der Waals surface area contributed by atoms with E-state index < -0.39 is 5.54 Å². The molecule has 18 heavy (non-hydrogen) atoms. The third-order valence-electron chi connectivity index (χ3n) is 3.59. The molecule has 1 aliphatic carbocycles. The number of amides is 1. The summed E-state index contributed by atoms with van der Waals surface area (Å²) in [5.41, 5.74) is 6.78. The van der Waals surface area contributed by atoms with E-state index in [-0.39, 0.29) is 12.5 Å². The van der Waals surface area contributed by atoms with Crippen molar-refractivity contribution in [1.29, 1.82) is 0 Å². The van der Waals surface area contributed by atoms with Crippen LogP contribution in [0.25, 0.3) is 0 Å². The molecule has 0 spiro atoms. The van der Waals surface area contributed by atoms with Gasteiger partial charge in [-0.1, -0.05) is 12.8 Å². The van der Waals surface area contributed by atoms with Crippen molar-refractivity contribution in [3.63, 3.8) is 0 Å². The van der Waals surface area contributed by atoms with Gasteiger partial charge in [-0.25, -0.2) is 0 Å². The zero-order valence-electron chi connectivity index (χ0n) is 10.6. The van der Waals surface area contributed by atoms with Gasteiger partial charge < -0.3 is 16.2 Å². The molecular formula is C13H19N3O2. The van der Waals surface area contributed by atoms with Gasteiger partial charge in [0.05, 0.1) is 35.3 Å². The van der Waals surface area contributed by atoms with Crippen molar-refractivity contribution in [3.8, 4) is 0 Å². The predicted octanol–water partition coefficient (Wildman–Crippen LogP) is 1.01. The number of aromatic nitrogens is 1. The molecule has 1 aromatic rings. The highest BCUT2D eigenvalue weighted by Crippen LogP contribution is 2.29. The van der Waals surface area contributed by atoms with Gasteiger partial charge in [-0.15, -0.1) is 0 Å². The number of anilines is 1. The Labute approximate surface area is 106 Å². The molecule has 0 atom stereocenters. The number of hydrogen-bond acceptors (Lipinski definition) is 4. The molecule has 1 aromatic heterocycles. The van der Waals surface area contributed by atoms with Crippen molar-refractivity contribution in [1.82, 2.24) is 10.3 Å². The monoisotopic (exact) mass is 249 g/mol. The zero-order valence-corrected chi connectivity index (χ0v) is 10.6. The van der Waals surface area contributed by atoms with E-state index in [9.17, 15) is 9.90 Å². The zero-order chi connectivity index (χ0) is 13.2. The number of rotatable bonds is 3. The Kier molecular flexibility index (Phi) is 3.52.